The number of para-hydroxylation sites is 1. The minimum Gasteiger partial charge on any atom is -0.379 e. The summed E-state index contributed by atoms with van der Waals surface area (Å²) in [7, 11) is 0. The third-order valence-electron chi connectivity index (χ3n) is 3.62. The van der Waals surface area contributed by atoms with E-state index in [0.717, 1.165) is 47.8 Å². The van der Waals surface area contributed by atoms with Crippen molar-refractivity contribution >= 4 is 22.5 Å². The summed E-state index contributed by atoms with van der Waals surface area (Å²) in [6, 6.07) is 8.10. The van der Waals surface area contributed by atoms with Gasteiger partial charge in [-0.3, -0.25) is 0 Å². The fourth-order valence-corrected chi connectivity index (χ4v) is 2.67. The molecule has 0 aliphatic carbocycles. The number of nitrogens with one attached hydrogen (secondary N) is 2. The summed E-state index contributed by atoms with van der Waals surface area (Å²) in [5, 5.41) is 5.44. The van der Waals surface area contributed by atoms with E-state index in [2.05, 4.69) is 17.2 Å². The SMILES string of the molecule is CC1(NCc2[nH]c3ccccc3c2Cl)CCOC1. The molecule has 1 aliphatic rings. The number of hydrogen-bond donors (Lipinski definition) is 2. The van der Waals surface area contributed by atoms with E-state index in [4.69, 9.17) is 16.3 Å². The lowest BCUT2D eigenvalue weighted by Crippen LogP contribution is -2.42. The van der Waals surface area contributed by atoms with Crippen LogP contribution in [0.1, 0.15) is 19.0 Å². The van der Waals surface area contributed by atoms with Crippen LogP contribution >= 0.6 is 11.6 Å². The van der Waals surface area contributed by atoms with Crippen molar-refractivity contribution in [2.75, 3.05) is 13.2 Å². The molecule has 0 saturated carbocycles. The molecule has 96 valence electrons. The number of H-pyrrole nitrogens is 1. The minimum atomic E-state index is 0.0701. The zero-order valence-corrected chi connectivity index (χ0v) is 11.2. The maximum atomic E-state index is 6.39. The first kappa shape index (κ1) is 12.0. The summed E-state index contributed by atoms with van der Waals surface area (Å²) in [6.07, 6.45) is 1.05. The smallest absolute Gasteiger partial charge is 0.0705 e. The van der Waals surface area contributed by atoms with Crippen LogP contribution in [-0.4, -0.2) is 23.7 Å². The number of hydrogen-bond acceptors (Lipinski definition) is 2. The third-order valence-corrected chi connectivity index (χ3v) is 4.06. The Morgan fingerprint density at radius 1 is 1.44 bits per heavy atom. The van der Waals surface area contributed by atoms with Gasteiger partial charge < -0.3 is 15.0 Å². The van der Waals surface area contributed by atoms with Crippen molar-refractivity contribution in [3.8, 4) is 0 Å². The van der Waals surface area contributed by atoms with E-state index in [-0.39, 0.29) is 5.54 Å². The fraction of sp³-hybridized carbons (Fsp3) is 0.429. The number of aromatic amines is 1. The molecule has 1 fully saturated rings. The Hall–Kier alpha value is -1.03. The molecule has 0 radical (unpaired) electrons. The molecule has 4 heteroatoms. The van der Waals surface area contributed by atoms with Gasteiger partial charge in [-0.15, -0.1) is 0 Å². The monoisotopic (exact) mass is 264 g/mol. The second-order valence-corrected chi connectivity index (χ2v) is 5.56. The first-order valence-corrected chi connectivity index (χ1v) is 6.64. The quantitative estimate of drug-likeness (QED) is 0.894. The average molecular weight is 265 g/mol. The number of fused-ring (bicyclic) bond motifs is 1. The zero-order valence-electron chi connectivity index (χ0n) is 10.4. The van der Waals surface area contributed by atoms with Gasteiger partial charge in [-0.05, 0) is 19.4 Å². The maximum absolute atomic E-state index is 6.39. The van der Waals surface area contributed by atoms with Gasteiger partial charge in [0.05, 0.1) is 11.6 Å². The maximum Gasteiger partial charge on any atom is 0.0705 e. The molecule has 0 bridgehead atoms. The van der Waals surface area contributed by atoms with Crippen LogP contribution in [-0.2, 0) is 11.3 Å². The van der Waals surface area contributed by atoms with Crippen LogP contribution < -0.4 is 5.32 Å². The predicted molar refractivity (Wildman–Crippen MR) is 74.0 cm³/mol. The molecule has 2 aromatic rings. The zero-order chi connectivity index (χ0) is 12.6. The summed E-state index contributed by atoms with van der Waals surface area (Å²) in [6.45, 7) is 4.54. The van der Waals surface area contributed by atoms with E-state index in [0.29, 0.717) is 0 Å². The highest BCUT2D eigenvalue weighted by atomic mass is 35.5. The van der Waals surface area contributed by atoms with Gasteiger partial charge in [-0.1, -0.05) is 29.8 Å². The topological polar surface area (TPSA) is 37.0 Å². The lowest BCUT2D eigenvalue weighted by Gasteiger charge is -2.23. The Morgan fingerprint density at radius 2 is 2.28 bits per heavy atom. The lowest BCUT2D eigenvalue weighted by molar-refractivity contribution is 0.171. The van der Waals surface area contributed by atoms with Crippen molar-refractivity contribution in [3.63, 3.8) is 0 Å². The molecule has 1 aromatic carbocycles. The van der Waals surface area contributed by atoms with E-state index in [1.54, 1.807) is 0 Å². The standard InChI is InChI=1S/C14H17ClN2O/c1-14(6-7-18-9-14)16-8-12-13(15)10-4-2-3-5-11(10)17-12/h2-5,16-17H,6-9H2,1H3. The molecule has 1 aliphatic heterocycles. The van der Waals surface area contributed by atoms with E-state index < -0.39 is 0 Å². The van der Waals surface area contributed by atoms with Crippen LogP contribution in [0.2, 0.25) is 5.02 Å². The molecule has 1 saturated heterocycles. The van der Waals surface area contributed by atoms with Crippen molar-refractivity contribution in [1.82, 2.24) is 10.3 Å². The second-order valence-electron chi connectivity index (χ2n) is 5.18. The summed E-state index contributed by atoms with van der Waals surface area (Å²) in [4.78, 5) is 3.37. The molecule has 18 heavy (non-hydrogen) atoms. The van der Waals surface area contributed by atoms with Gasteiger partial charge in [-0.25, -0.2) is 0 Å². The van der Waals surface area contributed by atoms with Crippen LogP contribution in [0.4, 0.5) is 0 Å². The molecule has 1 aromatic heterocycles. The predicted octanol–water partition coefficient (Wildman–Crippen LogP) is 3.09. The van der Waals surface area contributed by atoms with E-state index >= 15 is 0 Å². The Balaban J connectivity index is 1.80. The van der Waals surface area contributed by atoms with Crippen molar-refractivity contribution in [1.29, 1.82) is 0 Å². The fourth-order valence-electron chi connectivity index (χ4n) is 2.39. The number of halogens is 1. The molecule has 1 unspecified atom stereocenters. The summed E-state index contributed by atoms with van der Waals surface area (Å²) in [5.74, 6) is 0. The molecule has 2 heterocycles. The highest BCUT2D eigenvalue weighted by Gasteiger charge is 2.29. The van der Waals surface area contributed by atoms with Crippen LogP contribution in [0.5, 0.6) is 0 Å². The number of ether oxygens (including phenoxy) is 1. The normalized spacial score (nSPS) is 23.9. The molecule has 1 atom stereocenters. The second kappa shape index (κ2) is 4.57. The highest BCUT2D eigenvalue weighted by Crippen LogP contribution is 2.28. The summed E-state index contributed by atoms with van der Waals surface area (Å²) >= 11 is 6.39. The first-order chi connectivity index (χ1) is 8.68. The Morgan fingerprint density at radius 3 is 3.00 bits per heavy atom. The van der Waals surface area contributed by atoms with Gasteiger partial charge in [0, 0.05) is 35.3 Å². The van der Waals surface area contributed by atoms with Gasteiger partial charge in [-0.2, -0.15) is 0 Å². The van der Waals surface area contributed by atoms with E-state index in [1.807, 2.05) is 24.3 Å². The van der Waals surface area contributed by atoms with Crippen molar-refractivity contribution in [2.45, 2.75) is 25.4 Å². The molecule has 2 N–H and O–H groups in total. The highest BCUT2D eigenvalue weighted by molar-refractivity contribution is 6.36. The van der Waals surface area contributed by atoms with Crippen molar-refractivity contribution < 1.29 is 4.74 Å². The molecular weight excluding hydrogens is 248 g/mol. The van der Waals surface area contributed by atoms with Gasteiger partial charge in [0.25, 0.3) is 0 Å². The van der Waals surface area contributed by atoms with Gasteiger partial charge in [0.15, 0.2) is 0 Å². The molecule has 3 nitrogen and oxygen atoms in total. The first-order valence-electron chi connectivity index (χ1n) is 6.26. The molecule has 0 amide bonds. The summed E-state index contributed by atoms with van der Waals surface area (Å²) in [5.41, 5.74) is 2.21. The van der Waals surface area contributed by atoms with Crippen molar-refractivity contribution in [2.24, 2.45) is 0 Å². The van der Waals surface area contributed by atoms with Crippen LogP contribution in [0.15, 0.2) is 24.3 Å². The number of aromatic nitrogens is 1. The Kier molecular flexibility index (Phi) is 3.06. The molecule has 0 spiro atoms. The molecular formula is C14H17ClN2O. The van der Waals surface area contributed by atoms with Crippen LogP contribution in [0.25, 0.3) is 10.9 Å². The van der Waals surface area contributed by atoms with E-state index in [1.165, 1.54) is 0 Å². The average Bonchev–Trinajstić information content (AvgIpc) is 2.93. The van der Waals surface area contributed by atoms with E-state index in [9.17, 15) is 0 Å². The lowest BCUT2D eigenvalue weighted by atomic mass is 10.0. The van der Waals surface area contributed by atoms with Crippen LogP contribution in [0.3, 0.4) is 0 Å². The Bertz CT molecular complexity index is 558. The third kappa shape index (κ3) is 2.14. The Labute approximate surface area is 111 Å². The minimum absolute atomic E-state index is 0.0701. The molecule has 3 rings (SSSR count). The number of rotatable bonds is 3. The summed E-state index contributed by atoms with van der Waals surface area (Å²) < 4.78 is 5.43. The number of benzene rings is 1. The van der Waals surface area contributed by atoms with Gasteiger partial charge in [0.1, 0.15) is 0 Å². The van der Waals surface area contributed by atoms with Gasteiger partial charge in [0.2, 0.25) is 0 Å². The van der Waals surface area contributed by atoms with Crippen molar-refractivity contribution in [3.05, 3.63) is 35.0 Å². The largest absolute Gasteiger partial charge is 0.379 e. The van der Waals surface area contributed by atoms with Crippen LogP contribution in [0, 0.1) is 0 Å². The van der Waals surface area contributed by atoms with Gasteiger partial charge >= 0.3 is 0 Å².